The highest BCUT2D eigenvalue weighted by Gasteiger charge is 2.36. The molecule has 0 heterocycles. The van der Waals surface area contributed by atoms with E-state index in [9.17, 15) is 5.11 Å². The lowest BCUT2D eigenvalue weighted by Crippen LogP contribution is -2.34. The minimum atomic E-state index is 0.210. The van der Waals surface area contributed by atoms with Crippen LogP contribution in [0.3, 0.4) is 0 Å². The zero-order valence-corrected chi connectivity index (χ0v) is 15.9. The second-order valence-corrected chi connectivity index (χ2v) is 8.07. The van der Waals surface area contributed by atoms with Crippen molar-refractivity contribution in [1.29, 1.82) is 0 Å². The third-order valence-electron chi connectivity index (χ3n) is 5.99. The Balaban J connectivity index is 0.000000269. The lowest BCUT2D eigenvalue weighted by atomic mass is 9.63. The average Bonchev–Trinajstić information content (AvgIpc) is 2.59. The van der Waals surface area contributed by atoms with Crippen molar-refractivity contribution in [2.75, 3.05) is 0 Å². The molecule has 2 N–H and O–H groups in total. The molecule has 0 aliphatic heterocycles. The summed E-state index contributed by atoms with van der Waals surface area (Å²) in [7, 11) is 0. The Morgan fingerprint density at radius 3 is 1.80 bits per heavy atom. The summed E-state index contributed by atoms with van der Waals surface area (Å²) in [6.45, 7) is 9.48. The summed E-state index contributed by atoms with van der Waals surface area (Å²) in [5.41, 5.74) is 1.56. The van der Waals surface area contributed by atoms with E-state index in [1.54, 1.807) is 24.3 Å². The molecule has 1 aliphatic rings. The van der Waals surface area contributed by atoms with Crippen LogP contribution < -0.4 is 0 Å². The summed E-state index contributed by atoms with van der Waals surface area (Å²) in [5, 5.41) is 18.0. The van der Waals surface area contributed by atoms with Crippen molar-refractivity contribution >= 4 is 0 Å². The fraction of sp³-hybridized carbons (Fsp3) is 0.478. The lowest BCUT2D eigenvalue weighted by molar-refractivity contribution is 0.148. The molecule has 0 aromatic heterocycles. The van der Waals surface area contributed by atoms with Crippen LogP contribution in [0.4, 0.5) is 0 Å². The molecule has 0 saturated heterocycles. The van der Waals surface area contributed by atoms with Crippen LogP contribution >= 0.6 is 0 Å². The number of aromatic hydroxyl groups is 2. The van der Waals surface area contributed by atoms with Gasteiger partial charge in [0.25, 0.3) is 0 Å². The van der Waals surface area contributed by atoms with Crippen LogP contribution in [0.5, 0.6) is 11.5 Å². The van der Waals surface area contributed by atoms with Crippen LogP contribution in [0.2, 0.25) is 0 Å². The Labute approximate surface area is 152 Å². The molecular weight excluding hydrogens is 308 g/mol. The van der Waals surface area contributed by atoms with E-state index in [2.05, 4.69) is 39.8 Å². The lowest BCUT2D eigenvalue weighted by Gasteiger charge is -2.42. The fourth-order valence-corrected chi connectivity index (χ4v) is 3.76. The van der Waals surface area contributed by atoms with Crippen LogP contribution in [-0.4, -0.2) is 10.2 Å². The van der Waals surface area contributed by atoms with E-state index in [1.807, 2.05) is 18.2 Å². The van der Waals surface area contributed by atoms with Crippen molar-refractivity contribution in [3.05, 3.63) is 60.2 Å². The zero-order chi connectivity index (χ0) is 18.4. The Morgan fingerprint density at radius 1 is 0.760 bits per heavy atom. The maximum absolute atomic E-state index is 9.41. The first kappa shape index (κ1) is 19.4. The monoisotopic (exact) mass is 340 g/mol. The van der Waals surface area contributed by atoms with E-state index < -0.39 is 0 Å². The smallest absolute Gasteiger partial charge is 0.115 e. The molecule has 0 radical (unpaired) electrons. The zero-order valence-electron chi connectivity index (χ0n) is 15.9. The Kier molecular flexibility index (Phi) is 6.52. The summed E-state index contributed by atoms with van der Waals surface area (Å²) in [5.74, 6) is 3.15. The molecular formula is C23H32O2. The minimum absolute atomic E-state index is 0.210. The molecule has 2 aromatic rings. The van der Waals surface area contributed by atoms with Crippen LogP contribution in [0.1, 0.15) is 52.5 Å². The van der Waals surface area contributed by atoms with E-state index in [0.29, 0.717) is 11.5 Å². The maximum atomic E-state index is 9.41. The van der Waals surface area contributed by atoms with Crippen LogP contribution in [-0.2, 0) is 5.41 Å². The molecule has 1 aliphatic carbocycles. The Hall–Kier alpha value is -1.96. The summed E-state index contributed by atoms with van der Waals surface area (Å²) in [4.78, 5) is 0. The van der Waals surface area contributed by atoms with E-state index in [0.717, 1.165) is 17.8 Å². The van der Waals surface area contributed by atoms with Crippen molar-refractivity contribution in [2.45, 2.75) is 52.4 Å². The fourth-order valence-electron chi connectivity index (χ4n) is 3.76. The van der Waals surface area contributed by atoms with Gasteiger partial charge in [0, 0.05) is 0 Å². The predicted molar refractivity (Wildman–Crippen MR) is 105 cm³/mol. The van der Waals surface area contributed by atoms with Crippen LogP contribution in [0, 0.1) is 17.8 Å². The highest BCUT2D eigenvalue weighted by atomic mass is 16.3. The standard InChI is InChI=1S/C17H26O.C6H6O/c1-12-5-6-15(11-13(12)2)17(3,4)14-7-9-16(18)10-8-14;7-6-4-2-1-3-5-6/h7-10,12-13,15,18H,5-6,11H2,1-4H3;1-5,7H. The average molecular weight is 341 g/mol. The topological polar surface area (TPSA) is 40.5 Å². The van der Waals surface area contributed by atoms with Crippen LogP contribution in [0.25, 0.3) is 0 Å². The van der Waals surface area contributed by atoms with Gasteiger partial charge in [-0.3, -0.25) is 0 Å². The summed E-state index contributed by atoms with van der Waals surface area (Å²) in [6, 6.07) is 16.5. The Bertz CT molecular complexity index is 631. The van der Waals surface area contributed by atoms with Gasteiger partial charge in [0.2, 0.25) is 0 Å². The molecule has 3 atom stereocenters. The second-order valence-electron chi connectivity index (χ2n) is 8.07. The van der Waals surface area contributed by atoms with Gasteiger partial charge in [0.15, 0.2) is 0 Å². The predicted octanol–water partition coefficient (Wildman–Crippen LogP) is 6.13. The molecule has 25 heavy (non-hydrogen) atoms. The number of hydrogen-bond acceptors (Lipinski definition) is 2. The van der Waals surface area contributed by atoms with Crippen molar-refractivity contribution in [3.8, 4) is 11.5 Å². The van der Waals surface area contributed by atoms with Crippen LogP contribution in [0.15, 0.2) is 54.6 Å². The van der Waals surface area contributed by atoms with Crippen molar-refractivity contribution in [1.82, 2.24) is 0 Å². The molecule has 1 fully saturated rings. The van der Waals surface area contributed by atoms with Gasteiger partial charge in [-0.25, -0.2) is 0 Å². The first-order valence-electron chi connectivity index (χ1n) is 9.34. The van der Waals surface area contributed by atoms with E-state index in [-0.39, 0.29) is 5.41 Å². The van der Waals surface area contributed by atoms with Gasteiger partial charge < -0.3 is 10.2 Å². The SMILES string of the molecule is CC1CCC(C(C)(C)c2ccc(O)cc2)CC1C.Oc1ccccc1. The summed E-state index contributed by atoms with van der Waals surface area (Å²) >= 11 is 0. The van der Waals surface area contributed by atoms with E-state index in [4.69, 9.17) is 5.11 Å². The molecule has 0 spiro atoms. The van der Waals surface area contributed by atoms with Gasteiger partial charge in [0.05, 0.1) is 0 Å². The first-order chi connectivity index (χ1) is 11.8. The number of para-hydroxylation sites is 1. The molecule has 2 nitrogen and oxygen atoms in total. The molecule has 3 unspecified atom stereocenters. The molecule has 3 rings (SSSR count). The van der Waals surface area contributed by atoms with E-state index >= 15 is 0 Å². The van der Waals surface area contributed by atoms with Crippen molar-refractivity contribution in [3.63, 3.8) is 0 Å². The quantitative estimate of drug-likeness (QED) is 0.690. The first-order valence-corrected chi connectivity index (χ1v) is 9.34. The highest BCUT2D eigenvalue weighted by Crippen LogP contribution is 2.44. The minimum Gasteiger partial charge on any atom is -0.508 e. The van der Waals surface area contributed by atoms with E-state index in [1.165, 1.54) is 24.8 Å². The summed E-state index contributed by atoms with van der Waals surface area (Å²) < 4.78 is 0. The molecule has 0 amide bonds. The van der Waals surface area contributed by atoms with Gasteiger partial charge in [-0.15, -0.1) is 0 Å². The number of phenols is 2. The van der Waals surface area contributed by atoms with Gasteiger partial charge in [-0.05, 0) is 65.8 Å². The second kappa shape index (κ2) is 8.42. The van der Waals surface area contributed by atoms with Gasteiger partial charge >= 0.3 is 0 Å². The summed E-state index contributed by atoms with van der Waals surface area (Å²) in [6.07, 6.45) is 4.02. The number of phenolic OH excluding ortho intramolecular Hbond substituents is 2. The molecule has 2 aromatic carbocycles. The van der Waals surface area contributed by atoms with Gasteiger partial charge in [-0.2, -0.15) is 0 Å². The highest BCUT2D eigenvalue weighted by molar-refractivity contribution is 5.31. The molecule has 1 saturated carbocycles. The normalized spacial score (nSPS) is 23.4. The van der Waals surface area contributed by atoms with Crippen molar-refractivity contribution in [2.24, 2.45) is 17.8 Å². The number of hydrogen-bond donors (Lipinski definition) is 2. The molecule has 0 bridgehead atoms. The molecule has 136 valence electrons. The largest absolute Gasteiger partial charge is 0.508 e. The van der Waals surface area contributed by atoms with Gasteiger partial charge in [0.1, 0.15) is 11.5 Å². The third-order valence-corrected chi connectivity index (χ3v) is 5.99. The maximum Gasteiger partial charge on any atom is 0.115 e. The van der Waals surface area contributed by atoms with Gasteiger partial charge in [-0.1, -0.05) is 64.4 Å². The van der Waals surface area contributed by atoms with Crippen molar-refractivity contribution < 1.29 is 10.2 Å². The third kappa shape index (κ3) is 5.26. The molecule has 2 heteroatoms. The number of benzene rings is 2. The number of rotatable bonds is 2. The Morgan fingerprint density at radius 2 is 1.32 bits per heavy atom.